The second-order valence-corrected chi connectivity index (χ2v) is 20.1. The largest absolute Gasteiger partial charge is 0.472 e. The first kappa shape index (κ1) is 68.7. The van der Waals surface area contributed by atoms with Gasteiger partial charge in [0.25, 0.3) is 0 Å². The summed E-state index contributed by atoms with van der Waals surface area (Å²) >= 11 is 0. The number of ether oxygens (including phenoxy) is 3. The van der Waals surface area contributed by atoms with E-state index in [4.69, 9.17) is 23.3 Å². The highest BCUT2D eigenvalue weighted by Gasteiger charge is 2.28. The third kappa shape index (κ3) is 51.6. The molecule has 0 aromatic heterocycles. The maximum Gasteiger partial charge on any atom is 0.472 e. The van der Waals surface area contributed by atoms with Gasteiger partial charge in [-0.2, -0.15) is 0 Å². The van der Waals surface area contributed by atoms with Crippen molar-refractivity contribution in [2.75, 3.05) is 26.4 Å². The molecule has 0 spiro atoms. The average Bonchev–Trinajstić information content (AvgIpc) is 3.37. The molecule has 0 aromatic carbocycles. The Bertz CT molecular complexity index is 1530. The summed E-state index contributed by atoms with van der Waals surface area (Å²) in [5.74, 6) is -1.52. The van der Waals surface area contributed by atoms with E-state index in [0.29, 0.717) is 19.3 Å². The molecular formula is C60H103O11P. The third-order valence-corrected chi connectivity index (χ3v) is 12.8. The number of unbranched alkanes of at least 4 members (excludes halogenated alkanes) is 21. The molecule has 414 valence electrons. The smallest absolute Gasteiger partial charge is 0.462 e. The Balaban J connectivity index is 4.80. The molecule has 3 atom stereocenters. The molecule has 2 N–H and O–H groups in total. The maximum absolute atomic E-state index is 12.9. The minimum absolute atomic E-state index is 0.145. The van der Waals surface area contributed by atoms with Gasteiger partial charge in [-0.1, -0.05) is 215 Å². The number of allylic oxidation sites excluding steroid dienone is 14. The van der Waals surface area contributed by atoms with Gasteiger partial charge in [0.05, 0.1) is 19.8 Å². The summed E-state index contributed by atoms with van der Waals surface area (Å²) in [4.78, 5) is 48.5. The van der Waals surface area contributed by atoms with Gasteiger partial charge in [-0.25, -0.2) is 4.57 Å². The molecule has 0 bridgehead atoms. The van der Waals surface area contributed by atoms with Gasteiger partial charge in [0.1, 0.15) is 12.7 Å². The molecule has 0 aliphatic rings. The van der Waals surface area contributed by atoms with E-state index in [2.05, 4.69) is 106 Å². The van der Waals surface area contributed by atoms with E-state index in [9.17, 15) is 28.9 Å². The molecule has 0 rings (SSSR count). The summed E-state index contributed by atoms with van der Waals surface area (Å²) < 4.78 is 39.5. The van der Waals surface area contributed by atoms with Crippen molar-refractivity contribution in [3.8, 4) is 0 Å². The first-order valence-corrected chi connectivity index (χ1v) is 30.0. The molecule has 12 heteroatoms. The Morgan fingerprint density at radius 2 is 0.722 bits per heavy atom. The number of carbonyl (C=O) groups is 3. The first-order valence-electron chi connectivity index (χ1n) is 28.5. The summed E-state index contributed by atoms with van der Waals surface area (Å²) in [5.41, 5.74) is 0. The molecule has 0 aliphatic carbocycles. The highest BCUT2D eigenvalue weighted by molar-refractivity contribution is 7.47. The van der Waals surface area contributed by atoms with Crippen molar-refractivity contribution >= 4 is 25.7 Å². The lowest BCUT2D eigenvalue weighted by Gasteiger charge is -2.21. The zero-order chi connectivity index (χ0) is 52.7. The van der Waals surface area contributed by atoms with Gasteiger partial charge in [0, 0.05) is 19.3 Å². The van der Waals surface area contributed by atoms with Crippen LogP contribution in [0.3, 0.4) is 0 Å². The van der Waals surface area contributed by atoms with E-state index in [1.807, 2.05) is 0 Å². The Morgan fingerprint density at radius 3 is 1.14 bits per heavy atom. The van der Waals surface area contributed by atoms with Crippen molar-refractivity contribution in [1.82, 2.24) is 0 Å². The molecule has 0 amide bonds. The standard InChI is InChI=1S/C60H103O11P/c1-4-7-10-13-16-19-22-25-27-28-30-33-36-39-42-45-48-51-60(64)71-57(53-67-58(62)49-46-43-40-37-34-32-29-26-23-20-17-14-11-8-5-2)55-69-72(65,66)68-54-56(52-61)70-59(63)50-47-44-41-38-35-31-24-21-18-15-12-9-6-3/h7-8,10-11,16-17,19-20,25-27,29,34,37,56-57,61H,4-6,9,12-15,18,21-24,28,30-33,35-36,38-55H2,1-3H3,(H,65,66)/b10-7-,11-8-,19-16-,20-17-,27-25-,29-26-,37-34-. The minimum atomic E-state index is -4.76. The van der Waals surface area contributed by atoms with Crippen molar-refractivity contribution < 1.29 is 52.2 Å². The lowest BCUT2D eigenvalue weighted by molar-refractivity contribution is -0.161. The van der Waals surface area contributed by atoms with Gasteiger partial charge in [-0.3, -0.25) is 23.4 Å². The molecule has 0 saturated heterocycles. The van der Waals surface area contributed by atoms with Crippen LogP contribution in [0.4, 0.5) is 0 Å². The second-order valence-electron chi connectivity index (χ2n) is 18.7. The lowest BCUT2D eigenvalue weighted by atomic mass is 10.0. The molecule has 0 fully saturated rings. The second kappa shape index (κ2) is 53.9. The Kier molecular flexibility index (Phi) is 51.4. The summed E-state index contributed by atoms with van der Waals surface area (Å²) in [7, 11) is -4.76. The van der Waals surface area contributed by atoms with Gasteiger partial charge in [0.15, 0.2) is 6.10 Å². The number of carbonyl (C=O) groups excluding carboxylic acids is 3. The van der Waals surface area contributed by atoms with Crippen LogP contribution in [-0.2, 0) is 42.2 Å². The fourth-order valence-electron chi connectivity index (χ4n) is 7.54. The highest BCUT2D eigenvalue weighted by atomic mass is 31.2. The van der Waals surface area contributed by atoms with Crippen molar-refractivity contribution in [1.29, 1.82) is 0 Å². The quantitative estimate of drug-likeness (QED) is 0.0197. The van der Waals surface area contributed by atoms with Crippen LogP contribution in [-0.4, -0.2) is 66.5 Å². The van der Waals surface area contributed by atoms with Crippen LogP contribution in [0.5, 0.6) is 0 Å². The predicted molar refractivity (Wildman–Crippen MR) is 298 cm³/mol. The first-order chi connectivity index (χ1) is 35.2. The van der Waals surface area contributed by atoms with Crippen LogP contribution in [0.25, 0.3) is 0 Å². The number of hydrogen-bond acceptors (Lipinski definition) is 10. The van der Waals surface area contributed by atoms with Crippen molar-refractivity contribution in [3.63, 3.8) is 0 Å². The van der Waals surface area contributed by atoms with Crippen LogP contribution in [0, 0.1) is 0 Å². The number of phosphoric acid groups is 1. The number of esters is 3. The van der Waals surface area contributed by atoms with E-state index in [1.165, 1.54) is 64.2 Å². The van der Waals surface area contributed by atoms with Crippen LogP contribution < -0.4 is 0 Å². The molecule has 72 heavy (non-hydrogen) atoms. The average molecular weight is 1030 g/mol. The predicted octanol–water partition coefficient (Wildman–Crippen LogP) is 16.7. The highest BCUT2D eigenvalue weighted by Crippen LogP contribution is 2.43. The summed E-state index contributed by atoms with van der Waals surface area (Å²) in [6.07, 6.45) is 61.1. The van der Waals surface area contributed by atoms with Gasteiger partial charge < -0.3 is 24.2 Å². The van der Waals surface area contributed by atoms with E-state index in [1.54, 1.807) is 0 Å². The monoisotopic (exact) mass is 1030 g/mol. The molecule has 0 aromatic rings. The molecular weight excluding hydrogens is 928 g/mol. The molecule has 0 saturated carbocycles. The Morgan fingerprint density at radius 1 is 0.403 bits per heavy atom. The zero-order valence-electron chi connectivity index (χ0n) is 45.6. The topological polar surface area (TPSA) is 155 Å². The van der Waals surface area contributed by atoms with Crippen molar-refractivity contribution in [3.05, 3.63) is 85.1 Å². The Hall–Kier alpha value is -3.34. The van der Waals surface area contributed by atoms with Crippen LogP contribution >= 0.6 is 7.82 Å². The molecule has 0 radical (unpaired) electrons. The van der Waals surface area contributed by atoms with Gasteiger partial charge >= 0.3 is 25.7 Å². The van der Waals surface area contributed by atoms with Gasteiger partial charge in [-0.15, -0.1) is 0 Å². The van der Waals surface area contributed by atoms with E-state index < -0.39 is 57.8 Å². The normalized spacial score (nSPS) is 14.0. The number of aliphatic hydroxyl groups is 1. The van der Waals surface area contributed by atoms with Crippen LogP contribution in [0.15, 0.2) is 85.1 Å². The zero-order valence-corrected chi connectivity index (χ0v) is 46.5. The number of rotatable bonds is 52. The Labute approximate surface area is 439 Å². The third-order valence-electron chi connectivity index (χ3n) is 11.8. The lowest BCUT2D eigenvalue weighted by Crippen LogP contribution is -2.30. The van der Waals surface area contributed by atoms with Gasteiger partial charge in [-0.05, 0) is 89.9 Å². The molecule has 3 unspecified atom stereocenters. The van der Waals surface area contributed by atoms with Crippen molar-refractivity contribution in [2.24, 2.45) is 0 Å². The van der Waals surface area contributed by atoms with E-state index in [-0.39, 0.29) is 25.9 Å². The molecule has 0 aliphatic heterocycles. The number of hydrogen-bond donors (Lipinski definition) is 2. The van der Waals surface area contributed by atoms with Crippen molar-refractivity contribution in [2.45, 2.75) is 251 Å². The molecule has 0 heterocycles. The van der Waals surface area contributed by atoms with E-state index >= 15 is 0 Å². The fourth-order valence-corrected chi connectivity index (χ4v) is 8.32. The summed E-state index contributed by atoms with van der Waals surface area (Å²) in [6.45, 7) is 4.37. The summed E-state index contributed by atoms with van der Waals surface area (Å²) in [6, 6.07) is 0. The number of aliphatic hydroxyl groups excluding tert-OH is 1. The number of phosphoric ester groups is 1. The maximum atomic E-state index is 12.9. The van der Waals surface area contributed by atoms with Crippen LogP contribution in [0.2, 0.25) is 0 Å². The fraction of sp³-hybridized carbons (Fsp3) is 0.717. The van der Waals surface area contributed by atoms with Crippen LogP contribution in [0.1, 0.15) is 239 Å². The molecule has 11 nitrogen and oxygen atoms in total. The summed E-state index contributed by atoms with van der Waals surface area (Å²) in [5, 5.41) is 9.80. The minimum Gasteiger partial charge on any atom is -0.462 e. The van der Waals surface area contributed by atoms with E-state index in [0.717, 1.165) is 116 Å². The van der Waals surface area contributed by atoms with Gasteiger partial charge in [0.2, 0.25) is 0 Å². The SMILES string of the molecule is CC/C=C\C/C=C\C/C=C\C/C=C\CCCCC(=O)OCC(COP(=O)(O)OCC(CO)OC(=O)CCCCCCCCCCCCCCC)OC(=O)CCCCCCCCC/C=C\C/C=C\C/C=C\CC.